The molecule has 0 spiro atoms. The summed E-state index contributed by atoms with van der Waals surface area (Å²) in [7, 11) is 0. The first kappa shape index (κ1) is 12.6. The van der Waals surface area contributed by atoms with Gasteiger partial charge >= 0.3 is 0 Å². The van der Waals surface area contributed by atoms with Crippen LogP contribution < -0.4 is 4.74 Å². The molecule has 0 radical (unpaired) electrons. The van der Waals surface area contributed by atoms with Crippen LogP contribution in [0.15, 0.2) is 28.7 Å². The van der Waals surface area contributed by atoms with Crippen LogP contribution in [0.4, 0.5) is 0 Å². The van der Waals surface area contributed by atoms with Crippen LogP contribution in [0.1, 0.15) is 22.9 Å². The van der Waals surface area contributed by atoms with Crippen LogP contribution >= 0.6 is 0 Å². The van der Waals surface area contributed by atoms with Crippen molar-refractivity contribution in [3.05, 3.63) is 47.2 Å². The van der Waals surface area contributed by atoms with Gasteiger partial charge in [-0.2, -0.15) is 0 Å². The van der Waals surface area contributed by atoms with E-state index in [1.807, 2.05) is 38.1 Å². The number of rotatable bonds is 5. The summed E-state index contributed by atoms with van der Waals surface area (Å²) in [5.74, 6) is 2.08. The molecule has 2 aromatic rings. The molecule has 4 nitrogen and oxygen atoms in total. The zero-order chi connectivity index (χ0) is 13.0. The monoisotopic (exact) mass is 247 g/mol. The maximum absolute atomic E-state index is 8.88. The fourth-order valence-corrected chi connectivity index (χ4v) is 1.74. The van der Waals surface area contributed by atoms with E-state index in [1.165, 1.54) is 0 Å². The minimum absolute atomic E-state index is 0.0750. The summed E-state index contributed by atoms with van der Waals surface area (Å²) in [6.07, 6.45) is 0.514. The van der Waals surface area contributed by atoms with Crippen molar-refractivity contribution in [2.45, 2.75) is 26.9 Å². The standard InChI is InChI=1S/C14H17NO3/c1-10-4-3-5-12(8-10)17-9-14-15-13(6-7-16)11(2)18-14/h3-5,8,16H,6-7,9H2,1-2H3. The van der Waals surface area contributed by atoms with Crippen molar-refractivity contribution in [1.82, 2.24) is 4.98 Å². The number of oxazole rings is 1. The van der Waals surface area contributed by atoms with Crippen LogP contribution in [0.25, 0.3) is 0 Å². The van der Waals surface area contributed by atoms with Crippen molar-refractivity contribution in [3.8, 4) is 5.75 Å². The Kier molecular flexibility index (Phi) is 3.99. The highest BCUT2D eigenvalue weighted by Crippen LogP contribution is 2.16. The number of aromatic nitrogens is 1. The fourth-order valence-electron chi connectivity index (χ4n) is 1.74. The van der Waals surface area contributed by atoms with E-state index in [4.69, 9.17) is 14.3 Å². The highest BCUT2D eigenvalue weighted by Gasteiger charge is 2.09. The third kappa shape index (κ3) is 3.11. The summed E-state index contributed by atoms with van der Waals surface area (Å²) in [5, 5.41) is 8.88. The number of hydrogen-bond acceptors (Lipinski definition) is 4. The molecule has 0 saturated carbocycles. The molecule has 0 saturated heterocycles. The van der Waals surface area contributed by atoms with Crippen molar-refractivity contribution in [2.24, 2.45) is 0 Å². The molecule has 0 amide bonds. The van der Waals surface area contributed by atoms with Gasteiger partial charge in [0.15, 0.2) is 6.61 Å². The predicted octanol–water partition coefficient (Wildman–Crippen LogP) is 2.41. The quantitative estimate of drug-likeness (QED) is 0.881. The van der Waals surface area contributed by atoms with Crippen molar-refractivity contribution in [3.63, 3.8) is 0 Å². The van der Waals surface area contributed by atoms with Gasteiger partial charge in [0.1, 0.15) is 11.5 Å². The summed E-state index contributed by atoms with van der Waals surface area (Å²) >= 11 is 0. The second-order valence-corrected chi connectivity index (χ2v) is 4.19. The minimum atomic E-state index is 0.0750. The minimum Gasteiger partial charge on any atom is -0.484 e. The summed E-state index contributed by atoms with van der Waals surface area (Å²) < 4.78 is 11.1. The van der Waals surface area contributed by atoms with Crippen LogP contribution in [-0.2, 0) is 13.0 Å². The molecule has 4 heteroatoms. The van der Waals surface area contributed by atoms with Crippen LogP contribution in [0.3, 0.4) is 0 Å². The molecule has 96 valence electrons. The van der Waals surface area contributed by atoms with E-state index < -0.39 is 0 Å². The maximum atomic E-state index is 8.88. The SMILES string of the molecule is Cc1cccc(OCc2nc(CCO)c(C)o2)c1. The molecule has 18 heavy (non-hydrogen) atoms. The number of ether oxygens (including phenoxy) is 1. The Hall–Kier alpha value is -1.81. The van der Waals surface area contributed by atoms with Gasteiger partial charge in [-0.25, -0.2) is 4.98 Å². The number of benzene rings is 1. The molecule has 0 aliphatic heterocycles. The summed E-state index contributed by atoms with van der Waals surface area (Å²) in [4.78, 5) is 4.29. The molecule has 1 aromatic carbocycles. The first-order valence-corrected chi connectivity index (χ1v) is 5.94. The highest BCUT2D eigenvalue weighted by molar-refractivity contribution is 5.27. The first-order valence-electron chi connectivity index (χ1n) is 5.94. The molecule has 0 aliphatic rings. The Labute approximate surface area is 106 Å². The maximum Gasteiger partial charge on any atom is 0.232 e. The fraction of sp³-hybridized carbons (Fsp3) is 0.357. The van der Waals surface area contributed by atoms with E-state index in [1.54, 1.807) is 0 Å². The van der Waals surface area contributed by atoms with Gasteiger partial charge in [-0.15, -0.1) is 0 Å². The normalized spacial score (nSPS) is 10.6. The molecule has 0 aliphatic carbocycles. The van der Waals surface area contributed by atoms with Crippen molar-refractivity contribution in [1.29, 1.82) is 0 Å². The molecule has 0 fully saturated rings. The van der Waals surface area contributed by atoms with Gasteiger partial charge in [0.2, 0.25) is 5.89 Å². The lowest BCUT2D eigenvalue weighted by Gasteiger charge is -2.03. The Balaban J connectivity index is 2.00. The van der Waals surface area contributed by atoms with Gasteiger partial charge < -0.3 is 14.3 Å². The average molecular weight is 247 g/mol. The zero-order valence-electron chi connectivity index (χ0n) is 10.6. The Morgan fingerprint density at radius 2 is 2.17 bits per heavy atom. The molecular formula is C14H17NO3. The van der Waals surface area contributed by atoms with Crippen LogP contribution in [-0.4, -0.2) is 16.7 Å². The number of hydrogen-bond donors (Lipinski definition) is 1. The van der Waals surface area contributed by atoms with E-state index in [9.17, 15) is 0 Å². The molecule has 0 bridgehead atoms. The number of aliphatic hydroxyl groups is 1. The summed E-state index contributed by atoms with van der Waals surface area (Å²) in [6.45, 7) is 4.23. The van der Waals surface area contributed by atoms with Crippen LogP contribution in [0.5, 0.6) is 5.75 Å². The Bertz CT molecular complexity index is 520. The molecule has 0 unspecified atom stereocenters. The first-order chi connectivity index (χ1) is 8.69. The molecular weight excluding hydrogens is 230 g/mol. The van der Waals surface area contributed by atoms with E-state index in [0.717, 1.165) is 22.8 Å². The predicted molar refractivity (Wildman–Crippen MR) is 67.5 cm³/mol. The van der Waals surface area contributed by atoms with Gasteiger partial charge in [0.25, 0.3) is 0 Å². The third-order valence-corrected chi connectivity index (χ3v) is 2.64. The van der Waals surface area contributed by atoms with Crippen LogP contribution in [0.2, 0.25) is 0 Å². The van der Waals surface area contributed by atoms with Gasteiger partial charge in [-0.3, -0.25) is 0 Å². The van der Waals surface area contributed by atoms with Crippen molar-refractivity contribution < 1.29 is 14.3 Å². The molecule has 0 atom stereocenters. The van der Waals surface area contributed by atoms with Gasteiger partial charge in [-0.1, -0.05) is 12.1 Å². The Morgan fingerprint density at radius 3 is 2.89 bits per heavy atom. The number of aryl methyl sites for hydroxylation is 2. The lowest BCUT2D eigenvalue weighted by Crippen LogP contribution is -1.97. The topological polar surface area (TPSA) is 55.5 Å². The molecule has 2 rings (SSSR count). The highest BCUT2D eigenvalue weighted by atomic mass is 16.5. The van der Waals surface area contributed by atoms with Gasteiger partial charge in [-0.05, 0) is 31.5 Å². The molecule has 1 heterocycles. The van der Waals surface area contributed by atoms with Crippen molar-refractivity contribution >= 4 is 0 Å². The lowest BCUT2D eigenvalue weighted by molar-refractivity contribution is 0.260. The zero-order valence-corrected chi connectivity index (χ0v) is 10.6. The third-order valence-electron chi connectivity index (χ3n) is 2.64. The number of nitrogens with zero attached hydrogens (tertiary/aromatic N) is 1. The van der Waals surface area contributed by atoms with Gasteiger partial charge in [0, 0.05) is 13.0 Å². The van der Waals surface area contributed by atoms with Gasteiger partial charge in [0.05, 0.1) is 5.69 Å². The largest absolute Gasteiger partial charge is 0.484 e. The van der Waals surface area contributed by atoms with Crippen molar-refractivity contribution in [2.75, 3.05) is 6.61 Å². The van der Waals surface area contributed by atoms with E-state index >= 15 is 0 Å². The Morgan fingerprint density at radius 1 is 1.33 bits per heavy atom. The van der Waals surface area contributed by atoms with E-state index in [-0.39, 0.29) is 6.61 Å². The van der Waals surface area contributed by atoms with E-state index in [0.29, 0.717) is 18.9 Å². The second-order valence-electron chi connectivity index (χ2n) is 4.19. The van der Waals surface area contributed by atoms with Crippen LogP contribution in [0, 0.1) is 13.8 Å². The van der Waals surface area contributed by atoms with E-state index in [2.05, 4.69) is 4.98 Å². The lowest BCUT2D eigenvalue weighted by atomic mass is 10.2. The molecule has 1 N–H and O–H groups in total. The number of aliphatic hydroxyl groups excluding tert-OH is 1. The summed E-state index contributed by atoms with van der Waals surface area (Å²) in [5.41, 5.74) is 1.94. The average Bonchev–Trinajstić information content (AvgIpc) is 2.69. The summed E-state index contributed by atoms with van der Waals surface area (Å²) in [6, 6.07) is 7.83. The second kappa shape index (κ2) is 5.69. The molecule has 1 aromatic heterocycles. The smallest absolute Gasteiger partial charge is 0.232 e.